The van der Waals surface area contributed by atoms with Crippen molar-refractivity contribution in [1.29, 1.82) is 0 Å². The summed E-state index contributed by atoms with van der Waals surface area (Å²) in [5.41, 5.74) is 2.53. The molecule has 0 radical (unpaired) electrons. The lowest BCUT2D eigenvalue weighted by molar-refractivity contribution is 0.865. The number of nitrogens with one attached hydrogen (secondary N) is 1. The Labute approximate surface area is 123 Å². The first-order valence-corrected chi connectivity index (χ1v) is 6.95. The molecule has 0 aliphatic carbocycles. The summed E-state index contributed by atoms with van der Waals surface area (Å²) >= 11 is 11.9. The lowest BCUT2D eigenvalue weighted by Gasteiger charge is -2.09. The fourth-order valence-electron chi connectivity index (χ4n) is 1.75. The molecule has 100 valence electrons. The molecule has 0 fully saturated rings. The van der Waals surface area contributed by atoms with Crippen LogP contribution in [0.15, 0.2) is 36.5 Å². The molecule has 1 aromatic heterocycles. The summed E-state index contributed by atoms with van der Waals surface area (Å²) in [5, 5.41) is 4.28. The van der Waals surface area contributed by atoms with Gasteiger partial charge in [0, 0.05) is 12.7 Å². The van der Waals surface area contributed by atoms with Crippen LogP contribution in [-0.4, -0.2) is 4.98 Å². The van der Waals surface area contributed by atoms with E-state index in [1.807, 2.05) is 0 Å². The predicted octanol–water partition coefficient (Wildman–Crippen LogP) is 5.12. The molecule has 0 atom stereocenters. The molecular weight excluding hydrogens is 279 g/mol. The smallest absolute Gasteiger partial charge is 0.145 e. The highest BCUT2D eigenvalue weighted by atomic mass is 35.5. The third-order valence-electron chi connectivity index (χ3n) is 2.91. The van der Waals surface area contributed by atoms with Crippen molar-refractivity contribution >= 4 is 29.0 Å². The summed E-state index contributed by atoms with van der Waals surface area (Å²) in [7, 11) is 0. The first kappa shape index (κ1) is 14.2. The van der Waals surface area contributed by atoms with Gasteiger partial charge in [0.25, 0.3) is 0 Å². The van der Waals surface area contributed by atoms with Crippen LogP contribution >= 0.6 is 23.2 Å². The Kier molecular flexibility index (Phi) is 4.67. The van der Waals surface area contributed by atoms with Gasteiger partial charge in [0.15, 0.2) is 0 Å². The molecule has 0 bridgehead atoms. The number of hydrogen-bond donors (Lipinski definition) is 1. The second kappa shape index (κ2) is 6.27. The van der Waals surface area contributed by atoms with Crippen molar-refractivity contribution in [2.45, 2.75) is 26.3 Å². The van der Waals surface area contributed by atoms with Gasteiger partial charge in [-0.3, -0.25) is 0 Å². The van der Waals surface area contributed by atoms with Gasteiger partial charge in [0.05, 0.1) is 10.0 Å². The van der Waals surface area contributed by atoms with E-state index in [9.17, 15) is 0 Å². The molecule has 19 heavy (non-hydrogen) atoms. The summed E-state index contributed by atoms with van der Waals surface area (Å²) in [6.45, 7) is 5.06. The Bertz CT molecular complexity index is 551. The van der Waals surface area contributed by atoms with Crippen molar-refractivity contribution in [3.8, 4) is 0 Å². The second-order valence-electron chi connectivity index (χ2n) is 4.73. The normalized spacial score (nSPS) is 10.8. The average Bonchev–Trinajstić information content (AvgIpc) is 2.38. The molecule has 0 saturated heterocycles. The Balaban J connectivity index is 2.02. The molecule has 1 aromatic carbocycles. The molecule has 0 unspecified atom stereocenters. The zero-order valence-corrected chi connectivity index (χ0v) is 12.5. The molecule has 0 amide bonds. The fraction of sp³-hybridized carbons (Fsp3) is 0.267. The standard InChI is InChI=1S/C15H16Cl2N2/c1-10(2)12-5-3-11(4-6-12)8-18-15-14(17)7-13(16)9-19-15/h3-7,9-10H,8H2,1-2H3,(H,18,19). The van der Waals surface area contributed by atoms with Crippen molar-refractivity contribution in [3.63, 3.8) is 0 Å². The number of rotatable bonds is 4. The largest absolute Gasteiger partial charge is 0.365 e. The van der Waals surface area contributed by atoms with Gasteiger partial charge in [0.2, 0.25) is 0 Å². The van der Waals surface area contributed by atoms with Gasteiger partial charge in [-0.1, -0.05) is 61.3 Å². The molecule has 2 rings (SSSR count). The second-order valence-corrected chi connectivity index (χ2v) is 5.58. The minimum Gasteiger partial charge on any atom is -0.365 e. The Morgan fingerprint density at radius 2 is 1.84 bits per heavy atom. The number of benzene rings is 1. The van der Waals surface area contributed by atoms with Crippen LogP contribution in [0.25, 0.3) is 0 Å². The maximum Gasteiger partial charge on any atom is 0.145 e. The molecular formula is C15H16Cl2N2. The maximum atomic E-state index is 6.05. The minimum atomic E-state index is 0.534. The topological polar surface area (TPSA) is 24.9 Å². The zero-order chi connectivity index (χ0) is 13.8. The Morgan fingerprint density at radius 3 is 2.42 bits per heavy atom. The molecule has 2 aromatic rings. The SMILES string of the molecule is CC(C)c1ccc(CNc2ncc(Cl)cc2Cl)cc1. The van der Waals surface area contributed by atoms with Gasteiger partial charge in [-0.25, -0.2) is 4.98 Å². The maximum absolute atomic E-state index is 6.05. The lowest BCUT2D eigenvalue weighted by atomic mass is 10.0. The van der Waals surface area contributed by atoms with Crippen LogP contribution in [0.1, 0.15) is 30.9 Å². The van der Waals surface area contributed by atoms with Crippen LogP contribution in [0, 0.1) is 0 Å². The fourth-order valence-corrected chi connectivity index (χ4v) is 2.20. The van der Waals surface area contributed by atoms with E-state index in [0.717, 1.165) is 0 Å². The third kappa shape index (κ3) is 3.85. The molecule has 1 heterocycles. The number of pyridine rings is 1. The summed E-state index contributed by atoms with van der Waals surface area (Å²) < 4.78 is 0. The van der Waals surface area contributed by atoms with Gasteiger partial charge in [-0.15, -0.1) is 0 Å². The van der Waals surface area contributed by atoms with E-state index in [-0.39, 0.29) is 0 Å². The molecule has 2 nitrogen and oxygen atoms in total. The molecule has 0 aliphatic rings. The van der Waals surface area contributed by atoms with E-state index in [2.05, 4.69) is 48.4 Å². The number of aromatic nitrogens is 1. The number of hydrogen-bond acceptors (Lipinski definition) is 2. The summed E-state index contributed by atoms with van der Waals surface area (Å²) in [4.78, 5) is 4.16. The molecule has 1 N–H and O–H groups in total. The minimum absolute atomic E-state index is 0.534. The number of anilines is 1. The summed E-state index contributed by atoms with van der Waals surface area (Å²) in [6.07, 6.45) is 1.58. The Morgan fingerprint density at radius 1 is 1.16 bits per heavy atom. The molecule has 0 aliphatic heterocycles. The van der Waals surface area contributed by atoms with Gasteiger partial charge in [0.1, 0.15) is 5.82 Å². The van der Waals surface area contributed by atoms with Gasteiger partial charge < -0.3 is 5.32 Å². The van der Waals surface area contributed by atoms with Gasteiger partial charge in [-0.05, 0) is 23.1 Å². The van der Waals surface area contributed by atoms with E-state index in [1.165, 1.54) is 11.1 Å². The van der Waals surface area contributed by atoms with Gasteiger partial charge in [-0.2, -0.15) is 0 Å². The first-order valence-electron chi connectivity index (χ1n) is 6.20. The summed E-state index contributed by atoms with van der Waals surface area (Å²) in [5.74, 6) is 1.20. The van der Waals surface area contributed by atoms with Gasteiger partial charge >= 0.3 is 0 Å². The highest BCUT2D eigenvalue weighted by Gasteiger charge is 2.03. The lowest BCUT2D eigenvalue weighted by Crippen LogP contribution is -2.02. The Hall–Kier alpha value is -1.25. The highest BCUT2D eigenvalue weighted by molar-refractivity contribution is 6.35. The van der Waals surface area contributed by atoms with Crippen LogP contribution in [0.3, 0.4) is 0 Å². The van der Waals surface area contributed by atoms with E-state index in [4.69, 9.17) is 23.2 Å². The molecule has 0 saturated carbocycles. The molecule has 4 heteroatoms. The highest BCUT2D eigenvalue weighted by Crippen LogP contribution is 2.23. The molecule has 0 spiro atoms. The van der Waals surface area contributed by atoms with Crippen molar-refractivity contribution in [2.75, 3.05) is 5.32 Å². The monoisotopic (exact) mass is 294 g/mol. The average molecular weight is 295 g/mol. The van der Waals surface area contributed by atoms with Crippen LogP contribution < -0.4 is 5.32 Å². The van der Waals surface area contributed by atoms with Crippen LogP contribution in [0.5, 0.6) is 0 Å². The van der Waals surface area contributed by atoms with E-state index < -0.39 is 0 Å². The van der Waals surface area contributed by atoms with E-state index in [1.54, 1.807) is 12.3 Å². The zero-order valence-electron chi connectivity index (χ0n) is 11.0. The quantitative estimate of drug-likeness (QED) is 0.846. The first-order chi connectivity index (χ1) is 9.06. The van der Waals surface area contributed by atoms with Crippen molar-refractivity contribution < 1.29 is 0 Å². The van der Waals surface area contributed by atoms with Crippen LogP contribution in [0.2, 0.25) is 10.0 Å². The number of halogens is 2. The van der Waals surface area contributed by atoms with Crippen molar-refractivity contribution in [3.05, 3.63) is 57.7 Å². The van der Waals surface area contributed by atoms with Crippen molar-refractivity contribution in [2.24, 2.45) is 0 Å². The van der Waals surface area contributed by atoms with Crippen LogP contribution in [-0.2, 0) is 6.54 Å². The van der Waals surface area contributed by atoms with E-state index >= 15 is 0 Å². The number of nitrogens with zero attached hydrogens (tertiary/aromatic N) is 1. The third-order valence-corrected chi connectivity index (χ3v) is 3.41. The van der Waals surface area contributed by atoms with Crippen molar-refractivity contribution in [1.82, 2.24) is 4.98 Å². The van der Waals surface area contributed by atoms with Crippen LogP contribution in [0.4, 0.5) is 5.82 Å². The predicted molar refractivity (Wildman–Crippen MR) is 82.1 cm³/mol. The van der Waals surface area contributed by atoms with E-state index in [0.29, 0.717) is 28.3 Å². The summed E-state index contributed by atoms with van der Waals surface area (Å²) in [6, 6.07) is 10.2.